The Kier molecular flexibility index (Phi) is 2.76. The minimum Gasteiger partial charge on any atom is -0.384 e. The highest BCUT2D eigenvalue weighted by Crippen LogP contribution is 2.34. The van der Waals surface area contributed by atoms with Crippen molar-refractivity contribution in [3.63, 3.8) is 0 Å². The molecule has 3 heteroatoms. The summed E-state index contributed by atoms with van der Waals surface area (Å²) in [7, 11) is 0. The highest BCUT2D eigenvalue weighted by molar-refractivity contribution is 5.29. The SMILES string of the molecule is OCC#Cc1cc(C2CCC2)ncn1. The van der Waals surface area contributed by atoms with Crippen LogP contribution in [-0.4, -0.2) is 21.7 Å². The summed E-state index contributed by atoms with van der Waals surface area (Å²) in [6, 6.07) is 1.92. The van der Waals surface area contributed by atoms with Gasteiger partial charge in [0, 0.05) is 11.6 Å². The average molecular weight is 188 g/mol. The number of hydrogen-bond donors (Lipinski definition) is 1. The molecule has 14 heavy (non-hydrogen) atoms. The molecule has 2 rings (SSSR count). The highest BCUT2D eigenvalue weighted by atomic mass is 16.2. The standard InChI is InChI=1S/C11H12N2O/c14-6-2-5-10-7-11(13-8-12-10)9-3-1-4-9/h7-9,14H,1,3-4,6H2. The van der Waals surface area contributed by atoms with Crippen molar-refractivity contribution in [2.75, 3.05) is 6.61 Å². The third kappa shape index (κ3) is 1.91. The van der Waals surface area contributed by atoms with E-state index in [4.69, 9.17) is 5.11 Å². The summed E-state index contributed by atoms with van der Waals surface area (Å²) in [5, 5.41) is 8.55. The zero-order valence-electron chi connectivity index (χ0n) is 7.90. The van der Waals surface area contributed by atoms with Crippen LogP contribution in [0, 0.1) is 11.8 Å². The molecule has 1 saturated carbocycles. The van der Waals surface area contributed by atoms with E-state index in [0.29, 0.717) is 11.6 Å². The molecule has 3 nitrogen and oxygen atoms in total. The van der Waals surface area contributed by atoms with Gasteiger partial charge in [-0.15, -0.1) is 0 Å². The molecule has 1 aromatic rings. The van der Waals surface area contributed by atoms with Crippen LogP contribution >= 0.6 is 0 Å². The van der Waals surface area contributed by atoms with Crippen molar-refractivity contribution in [3.05, 3.63) is 23.8 Å². The predicted molar refractivity (Wildman–Crippen MR) is 52.6 cm³/mol. The van der Waals surface area contributed by atoms with Crippen LogP contribution in [0.2, 0.25) is 0 Å². The van der Waals surface area contributed by atoms with E-state index in [9.17, 15) is 0 Å². The fourth-order valence-electron chi connectivity index (χ4n) is 1.50. The van der Waals surface area contributed by atoms with E-state index < -0.39 is 0 Å². The minimum absolute atomic E-state index is 0.122. The second-order valence-electron chi connectivity index (χ2n) is 3.42. The number of rotatable bonds is 1. The molecule has 1 heterocycles. The lowest BCUT2D eigenvalue weighted by atomic mass is 9.83. The van der Waals surface area contributed by atoms with Crippen molar-refractivity contribution in [2.24, 2.45) is 0 Å². The normalized spacial score (nSPS) is 15.5. The van der Waals surface area contributed by atoms with Crippen LogP contribution in [0.4, 0.5) is 0 Å². The van der Waals surface area contributed by atoms with Crippen LogP contribution in [0.5, 0.6) is 0 Å². The molecule has 0 aliphatic heterocycles. The molecule has 1 aromatic heterocycles. The number of aliphatic hydroxyl groups excluding tert-OH is 1. The third-order valence-electron chi connectivity index (χ3n) is 2.51. The van der Waals surface area contributed by atoms with Gasteiger partial charge in [0.25, 0.3) is 0 Å². The summed E-state index contributed by atoms with van der Waals surface area (Å²) in [5.41, 5.74) is 1.80. The van der Waals surface area contributed by atoms with Crippen LogP contribution in [0.3, 0.4) is 0 Å². The van der Waals surface area contributed by atoms with Crippen molar-refractivity contribution < 1.29 is 5.11 Å². The van der Waals surface area contributed by atoms with Crippen molar-refractivity contribution in [1.82, 2.24) is 9.97 Å². The first-order chi connectivity index (χ1) is 6.90. The van der Waals surface area contributed by atoms with E-state index in [1.807, 2.05) is 6.07 Å². The molecule has 0 amide bonds. The molecule has 0 unspecified atom stereocenters. The third-order valence-corrected chi connectivity index (χ3v) is 2.51. The van der Waals surface area contributed by atoms with E-state index in [1.54, 1.807) is 6.33 Å². The fourth-order valence-corrected chi connectivity index (χ4v) is 1.50. The van der Waals surface area contributed by atoms with Crippen LogP contribution in [0.25, 0.3) is 0 Å². The molecule has 0 spiro atoms. The zero-order chi connectivity index (χ0) is 9.80. The average Bonchev–Trinajstić information content (AvgIpc) is 2.13. The van der Waals surface area contributed by atoms with Gasteiger partial charge in [0.2, 0.25) is 0 Å². The van der Waals surface area contributed by atoms with Crippen molar-refractivity contribution in [1.29, 1.82) is 0 Å². The van der Waals surface area contributed by atoms with E-state index >= 15 is 0 Å². The lowest BCUT2D eigenvalue weighted by molar-refractivity contribution is 0.350. The number of aliphatic hydroxyl groups is 1. The maximum atomic E-state index is 8.55. The molecule has 0 atom stereocenters. The van der Waals surface area contributed by atoms with Crippen LogP contribution in [0.1, 0.15) is 36.6 Å². The molecular formula is C11H12N2O. The van der Waals surface area contributed by atoms with Gasteiger partial charge in [-0.3, -0.25) is 0 Å². The zero-order valence-corrected chi connectivity index (χ0v) is 7.90. The Labute approximate surface area is 83.2 Å². The van der Waals surface area contributed by atoms with Crippen LogP contribution in [-0.2, 0) is 0 Å². The van der Waals surface area contributed by atoms with Crippen molar-refractivity contribution in [3.8, 4) is 11.8 Å². The molecule has 1 N–H and O–H groups in total. The van der Waals surface area contributed by atoms with Crippen LogP contribution < -0.4 is 0 Å². The van der Waals surface area contributed by atoms with Gasteiger partial charge in [0.1, 0.15) is 18.6 Å². The van der Waals surface area contributed by atoms with Gasteiger partial charge in [-0.1, -0.05) is 12.3 Å². The Morgan fingerprint density at radius 2 is 2.29 bits per heavy atom. The molecule has 0 bridgehead atoms. The van der Waals surface area contributed by atoms with Gasteiger partial charge >= 0.3 is 0 Å². The summed E-state index contributed by atoms with van der Waals surface area (Å²) < 4.78 is 0. The maximum absolute atomic E-state index is 8.55. The Morgan fingerprint density at radius 1 is 1.43 bits per heavy atom. The summed E-state index contributed by atoms with van der Waals surface area (Å²) in [4.78, 5) is 8.25. The van der Waals surface area contributed by atoms with Gasteiger partial charge in [0.15, 0.2) is 0 Å². The first-order valence-corrected chi connectivity index (χ1v) is 4.82. The highest BCUT2D eigenvalue weighted by Gasteiger charge is 2.20. The van der Waals surface area contributed by atoms with E-state index in [-0.39, 0.29) is 6.61 Å². The molecule has 1 aliphatic rings. The van der Waals surface area contributed by atoms with E-state index in [1.165, 1.54) is 19.3 Å². The lowest BCUT2D eigenvalue weighted by Crippen LogP contribution is -2.10. The van der Waals surface area contributed by atoms with Crippen LogP contribution in [0.15, 0.2) is 12.4 Å². The Bertz CT molecular complexity index is 374. The molecule has 1 aliphatic carbocycles. The number of hydrogen-bond acceptors (Lipinski definition) is 3. The maximum Gasteiger partial charge on any atom is 0.117 e. The molecular weight excluding hydrogens is 176 g/mol. The summed E-state index contributed by atoms with van der Waals surface area (Å²) in [6.07, 6.45) is 5.30. The predicted octanol–water partition coefficient (Wildman–Crippen LogP) is 1.09. The molecule has 0 radical (unpaired) electrons. The van der Waals surface area contributed by atoms with Gasteiger partial charge in [-0.2, -0.15) is 0 Å². The first kappa shape index (κ1) is 9.17. The number of aromatic nitrogens is 2. The Balaban J connectivity index is 2.17. The molecule has 72 valence electrons. The molecule has 1 fully saturated rings. The van der Waals surface area contributed by atoms with Gasteiger partial charge in [0.05, 0.1) is 0 Å². The van der Waals surface area contributed by atoms with Crippen molar-refractivity contribution in [2.45, 2.75) is 25.2 Å². The second-order valence-corrected chi connectivity index (χ2v) is 3.42. The summed E-state index contributed by atoms with van der Waals surface area (Å²) >= 11 is 0. The monoisotopic (exact) mass is 188 g/mol. The van der Waals surface area contributed by atoms with E-state index in [2.05, 4.69) is 21.8 Å². The smallest absolute Gasteiger partial charge is 0.117 e. The minimum atomic E-state index is -0.122. The fraction of sp³-hybridized carbons (Fsp3) is 0.455. The summed E-state index contributed by atoms with van der Waals surface area (Å²) in [5.74, 6) is 5.97. The Hall–Kier alpha value is -1.40. The van der Waals surface area contributed by atoms with Gasteiger partial charge in [-0.25, -0.2) is 9.97 Å². The Morgan fingerprint density at radius 3 is 2.93 bits per heavy atom. The largest absolute Gasteiger partial charge is 0.384 e. The van der Waals surface area contributed by atoms with Gasteiger partial charge < -0.3 is 5.11 Å². The molecule has 0 aromatic carbocycles. The molecule has 0 saturated heterocycles. The quantitative estimate of drug-likeness (QED) is 0.671. The van der Waals surface area contributed by atoms with E-state index in [0.717, 1.165) is 5.69 Å². The topological polar surface area (TPSA) is 46.0 Å². The first-order valence-electron chi connectivity index (χ1n) is 4.82. The van der Waals surface area contributed by atoms with Crippen molar-refractivity contribution >= 4 is 0 Å². The number of nitrogens with zero attached hydrogens (tertiary/aromatic N) is 2. The lowest BCUT2D eigenvalue weighted by Gasteiger charge is -2.24. The second kappa shape index (κ2) is 4.21. The van der Waals surface area contributed by atoms with Gasteiger partial charge in [-0.05, 0) is 24.8 Å². The summed E-state index contributed by atoms with van der Waals surface area (Å²) in [6.45, 7) is -0.122.